The second kappa shape index (κ2) is 7.96. The van der Waals surface area contributed by atoms with Gasteiger partial charge in [0.2, 0.25) is 0 Å². The number of alkyl carbamates (subject to hydrolysis) is 1. The van der Waals surface area contributed by atoms with Crippen LogP contribution in [0.15, 0.2) is 30.3 Å². The Kier molecular flexibility index (Phi) is 5.71. The summed E-state index contributed by atoms with van der Waals surface area (Å²) in [6.07, 6.45) is 0.292. The van der Waals surface area contributed by atoms with Gasteiger partial charge in [-0.25, -0.2) is 4.79 Å². The summed E-state index contributed by atoms with van der Waals surface area (Å²) < 4.78 is 16.4. The Morgan fingerprint density at radius 3 is 2.92 bits per heavy atom. The second-order valence-electron chi connectivity index (χ2n) is 6.38. The number of hydrogen-bond acceptors (Lipinski definition) is 5. The van der Waals surface area contributed by atoms with E-state index in [9.17, 15) is 9.90 Å². The number of carbonyl (C=O) groups excluding carboxylic acids is 1. The lowest BCUT2D eigenvalue weighted by molar-refractivity contribution is -0.0907. The number of benzene rings is 1. The Hall–Kier alpha value is -1.63. The maximum Gasteiger partial charge on any atom is 0.407 e. The quantitative estimate of drug-likeness (QED) is 0.830. The molecule has 0 bridgehead atoms. The van der Waals surface area contributed by atoms with Gasteiger partial charge in [-0.15, -0.1) is 0 Å². The molecule has 0 saturated carbocycles. The van der Waals surface area contributed by atoms with Crippen LogP contribution in [0.2, 0.25) is 0 Å². The molecule has 3 rings (SSSR count). The minimum absolute atomic E-state index is 0.111. The number of rotatable bonds is 6. The van der Waals surface area contributed by atoms with Crippen molar-refractivity contribution in [2.24, 2.45) is 5.92 Å². The van der Waals surface area contributed by atoms with Gasteiger partial charge in [-0.1, -0.05) is 37.3 Å². The summed E-state index contributed by atoms with van der Waals surface area (Å²) in [7, 11) is 0. The van der Waals surface area contributed by atoms with Gasteiger partial charge >= 0.3 is 6.09 Å². The predicted octanol–water partition coefficient (Wildman–Crippen LogP) is 1.86. The Morgan fingerprint density at radius 2 is 2.17 bits per heavy atom. The summed E-state index contributed by atoms with van der Waals surface area (Å²) in [4.78, 5) is 12.3. The number of amides is 1. The molecule has 6 nitrogen and oxygen atoms in total. The Morgan fingerprint density at radius 1 is 1.38 bits per heavy atom. The van der Waals surface area contributed by atoms with E-state index in [1.807, 2.05) is 37.3 Å². The highest BCUT2D eigenvalue weighted by Gasteiger charge is 2.44. The zero-order valence-corrected chi connectivity index (χ0v) is 13.9. The van der Waals surface area contributed by atoms with Crippen LogP contribution in [0.25, 0.3) is 0 Å². The average molecular weight is 335 g/mol. The lowest BCUT2D eigenvalue weighted by Gasteiger charge is -2.24. The van der Waals surface area contributed by atoms with E-state index in [2.05, 4.69) is 5.32 Å². The molecule has 5 atom stereocenters. The Bertz CT molecular complexity index is 537. The van der Waals surface area contributed by atoms with Gasteiger partial charge in [-0.05, 0) is 24.8 Å². The third-order valence-electron chi connectivity index (χ3n) is 4.73. The standard InChI is InChI=1S/C18H25NO5/c1-2-15(20)14(10-12-6-4-3-5-7-12)19-18(21)24-16-11-23-17-13(16)8-9-22-17/h3-7,13-17,20H,2,8-11H2,1H3,(H,19,21)/t13-,14-,15+,16-,17+/m0/s1. The first kappa shape index (κ1) is 17.2. The smallest absolute Gasteiger partial charge is 0.407 e. The van der Waals surface area contributed by atoms with Gasteiger partial charge in [0.15, 0.2) is 6.29 Å². The van der Waals surface area contributed by atoms with Gasteiger partial charge in [0.05, 0.1) is 31.3 Å². The number of aliphatic hydroxyl groups is 1. The van der Waals surface area contributed by atoms with Gasteiger partial charge in [0.25, 0.3) is 0 Å². The molecule has 2 aliphatic heterocycles. The number of hydrogen-bond donors (Lipinski definition) is 2. The Labute approximate surface area is 142 Å². The summed E-state index contributed by atoms with van der Waals surface area (Å²) >= 11 is 0. The first-order valence-corrected chi connectivity index (χ1v) is 8.59. The van der Waals surface area contributed by atoms with Gasteiger partial charge in [-0.3, -0.25) is 0 Å². The topological polar surface area (TPSA) is 77.0 Å². The van der Waals surface area contributed by atoms with Crippen LogP contribution in [0, 0.1) is 5.92 Å². The van der Waals surface area contributed by atoms with E-state index in [0.717, 1.165) is 12.0 Å². The van der Waals surface area contributed by atoms with E-state index in [1.165, 1.54) is 0 Å². The first-order valence-electron chi connectivity index (χ1n) is 8.59. The molecule has 1 aromatic rings. The highest BCUT2D eigenvalue weighted by atomic mass is 16.7. The van der Waals surface area contributed by atoms with Crippen LogP contribution in [-0.4, -0.2) is 49.0 Å². The molecule has 132 valence electrons. The van der Waals surface area contributed by atoms with Crippen molar-refractivity contribution in [1.82, 2.24) is 5.32 Å². The summed E-state index contributed by atoms with van der Waals surface area (Å²) in [6.45, 7) is 2.89. The highest BCUT2D eigenvalue weighted by Crippen LogP contribution is 2.32. The second-order valence-corrected chi connectivity index (χ2v) is 6.38. The maximum absolute atomic E-state index is 12.3. The molecule has 6 heteroatoms. The molecular weight excluding hydrogens is 310 g/mol. The first-order chi connectivity index (χ1) is 11.7. The molecule has 24 heavy (non-hydrogen) atoms. The van der Waals surface area contributed by atoms with Crippen LogP contribution in [-0.2, 0) is 20.6 Å². The van der Waals surface area contributed by atoms with E-state index in [1.54, 1.807) is 0 Å². The molecule has 0 aliphatic carbocycles. The maximum atomic E-state index is 12.3. The van der Waals surface area contributed by atoms with Crippen molar-refractivity contribution in [3.05, 3.63) is 35.9 Å². The zero-order valence-electron chi connectivity index (χ0n) is 13.9. The van der Waals surface area contributed by atoms with Crippen molar-refractivity contribution in [3.63, 3.8) is 0 Å². The van der Waals surface area contributed by atoms with Crippen LogP contribution in [0.1, 0.15) is 25.3 Å². The van der Waals surface area contributed by atoms with Crippen molar-refractivity contribution in [3.8, 4) is 0 Å². The molecule has 2 fully saturated rings. The molecule has 1 aromatic carbocycles. The average Bonchev–Trinajstić information content (AvgIpc) is 3.19. The number of aliphatic hydroxyl groups excluding tert-OH is 1. The fraction of sp³-hybridized carbons (Fsp3) is 0.611. The molecular formula is C18H25NO5. The number of carbonyl (C=O) groups is 1. The molecule has 0 radical (unpaired) electrons. The molecule has 2 N–H and O–H groups in total. The fourth-order valence-electron chi connectivity index (χ4n) is 3.31. The molecule has 0 aromatic heterocycles. The number of nitrogens with one attached hydrogen (secondary N) is 1. The van der Waals surface area contributed by atoms with E-state index in [-0.39, 0.29) is 24.4 Å². The summed E-state index contributed by atoms with van der Waals surface area (Å²) in [5, 5.41) is 13.0. The third-order valence-corrected chi connectivity index (χ3v) is 4.73. The van der Waals surface area contributed by atoms with Crippen LogP contribution >= 0.6 is 0 Å². The molecule has 2 heterocycles. The number of ether oxygens (including phenoxy) is 3. The van der Waals surface area contributed by atoms with Crippen molar-refractivity contribution in [1.29, 1.82) is 0 Å². The molecule has 2 saturated heterocycles. The zero-order chi connectivity index (χ0) is 16.9. The van der Waals surface area contributed by atoms with Crippen molar-refractivity contribution >= 4 is 6.09 Å². The van der Waals surface area contributed by atoms with E-state index in [4.69, 9.17) is 14.2 Å². The van der Waals surface area contributed by atoms with E-state index in [0.29, 0.717) is 26.1 Å². The van der Waals surface area contributed by atoms with E-state index >= 15 is 0 Å². The third kappa shape index (κ3) is 4.06. The minimum atomic E-state index is -0.625. The van der Waals surface area contributed by atoms with Crippen molar-refractivity contribution in [2.45, 2.75) is 50.7 Å². The van der Waals surface area contributed by atoms with Crippen LogP contribution in [0.3, 0.4) is 0 Å². The molecule has 1 amide bonds. The lowest BCUT2D eigenvalue weighted by atomic mass is 10.00. The predicted molar refractivity (Wildman–Crippen MR) is 87.4 cm³/mol. The van der Waals surface area contributed by atoms with Crippen LogP contribution < -0.4 is 5.32 Å². The van der Waals surface area contributed by atoms with Crippen LogP contribution in [0.5, 0.6) is 0 Å². The normalized spacial score (nSPS) is 28.2. The fourth-order valence-corrected chi connectivity index (χ4v) is 3.31. The van der Waals surface area contributed by atoms with E-state index < -0.39 is 12.2 Å². The molecule has 2 aliphatic rings. The van der Waals surface area contributed by atoms with Crippen molar-refractivity contribution < 1.29 is 24.1 Å². The molecule has 0 unspecified atom stereocenters. The van der Waals surface area contributed by atoms with Gasteiger partial charge in [-0.2, -0.15) is 0 Å². The summed E-state index contributed by atoms with van der Waals surface area (Å²) in [5.41, 5.74) is 1.06. The summed E-state index contributed by atoms with van der Waals surface area (Å²) in [5.74, 6) is 0.111. The monoisotopic (exact) mass is 335 g/mol. The van der Waals surface area contributed by atoms with Gasteiger partial charge in [0.1, 0.15) is 6.10 Å². The van der Waals surface area contributed by atoms with Gasteiger partial charge in [0, 0.05) is 0 Å². The Balaban J connectivity index is 1.56. The lowest BCUT2D eigenvalue weighted by Crippen LogP contribution is -2.46. The molecule has 0 spiro atoms. The minimum Gasteiger partial charge on any atom is -0.443 e. The number of fused-ring (bicyclic) bond motifs is 1. The largest absolute Gasteiger partial charge is 0.443 e. The SMILES string of the molecule is CC[C@@H](O)[C@H](Cc1ccccc1)NC(=O)O[C@H]1CO[C@H]2OCC[C@H]21. The van der Waals surface area contributed by atoms with Gasteiger partial charge < -0.3 is 24.6 Å². The van der Waals surface area contributed by atoms with Crippen LogP contribution in [0.4, 0.5) is 4.79 Å². The highest BCUT2D eigenvalue weighted by molar-refractivity contribution is 5.68. The van der Waals surface area contributed by atoms with Crippen molar-refractivity contribution in [2.75, 3.05) is 13.2 Å². The summed E-state index contributed by atoms with van der Waals surface area (Å²) in [6, 6.07) is 9.40.